The van der Waals surface area contributed by atoms with E-state index < -0.39 is 41.6 Å². The van der Waals surface area contributed by atoms with E-state index in [9.17, 15) is 19.2 Å². The van der Waals surface area contributed by atoms with E-state index in [1.165, 1.54) is 4.90 Å². The molecule has 212 valence electrons. The van der Waals surface area contributed by atoms with Crippen molar-refractivity contribution in [1.82, 2.24) is 15.5 Å². The van der Waals surface area contributed by atoms with E-state index in [4.69, 9.17) is 10.5 Å². The van der Waals surface area contributed by atoms with Crippen LogP contribution in [0.3, 0.4) is 0 Å². The lowest BCUT2D eigenvalue weighted by Crippen LogP contribution is -2.55. The maximum atomic E-state index is 14.0. The molecule has 9 nitrogen and oxygen atoms in total. The van der Waals surface area contributed by atoms with Crippen molar-refractivity contribution in [2.24, 2.45) is 5.73 Å². The van der Waals surface area contributed by atoms with Crippen LogP contribution in [-0.2, 0) is 32.1 Å². The molecule has 4 amide bonds. The number of aryl methyl sites for hydroxylation is 1. The fraction of sp³-hybridized carbons (Fsp3) is 0.467. The molecule has 0 radical (unpaired) electrons. The predicted molar refractivity (Wildman–Crippen MR) is 150 cm³/mol. The van der Waals surface area contributed by atoms with E-state index in [-0.39, 0.29) is 25.3 Å². The molecule has 2 rings (SSSR count). The monoisotopic (exact) mass is 538 g/mol. The molecule has 0 fully saturated rings. The SMILES string of the molecule is CCc1ccc(C(C(=O)NCc2ccccc2)N(C(=O)C(CCC(N)=O)NC(=O)OC(C)(C)C)C(C)C)cc1. The first-order valence-electron chi connectivity index (χ1n) is 13.3. The van der Waals surface area contributed by atoms with Gasteiger partial charge in [-0.25, -0.2) is 4.79 Å². The van der Waals surface area contributed by atoms with Crippen LogP contribution in [0.1, 0.15) is 77.1 Å². The number of nitrogens with zero attached hydrogens (tertiary/aromatic N) is 1. The quantitative estimate of drug-likeness (QED) is 0.376. The molecule has 0 aromatic heterocycles. The molecule has 2 atom stereocenters. The third-order valence-electron chi connectivity index (χ3n) is 6.02. The number of hydrogen-bond acceptors (Lipinski definition) is 5. The fourth-order valence-corrected chi connectivity index (χ4v) is 4.11. The number of ether oxygens (including phenoxy) is 1. The second-order valence-electron chi connectivity index (χ2n) is 10.7. The summed E-state index contributed by atoms with van der Waals surface area (Å²) >= 11 is 0. The van der Waals surface area contributed by atoms with Crippen molar-refractivity contribution < 1.29 is 23.9 Å². The molecule has 0 saturated carbocycles. The average Bonchev–Trinajstić information content (AvgIpc) is 2.87. The van der Waals surface area contributed by atoms with E-state index in [0.29, 0.717) is 5.56 Å². The molecular weight excluding hydrogens is 496 g/mol. The lowest BCUT2D eigenvalue weighted by Gasteiger charge is -2.37. The van der Waals surface area contributed by atoms with Gasteiger partial charge >= 0.3 is 6.09 Å². The van der Waals surface area contributed by atoms with Crippen LogP contribution < -0.4 is 16.4 Å². The Morgan fingerprint density at radius 3 is 2.08 bits per heavy atom. The van der Waals surface area contributed by atoms with Gasteiger partial charge in [-0.1, -0.05) is 61.5 Å². The van der Waals surface area contributed by atoms with Crippen molar-refractivity contribution in [3.63, 3.8) is 0 Å². The summed E-state index contributed by atoms with van der Waals surface area (Å²) in [4.78, 5) is 53.4. The number of benzene rings is 2. The van der Waals surface area contributed by atoms with Crippen molar-refractivity contribution in [2.45, 2.75) is 91.1 Å². The second-order valence-corrected chi connectivity index (χ2v) is 10.7. The Kier molecular flexibility index (Phi) is 11.5. The number of amides is 4. The summed E-state index contributed by atoms with van der Waals surface area (Å²) in [5.41, 5.74) is 7.21. The van der Waals surface area contributed by atoms with Gasteiger partial charge < -0.3 is 26.0 Å². The molecule has 0 spiro atoms. The number of primary amides is 1. The van der Waals surface area contributed by atoms with Gasteiger partial charge in [0.2, 0.25) is 17.7 Å². The van der Waals surface area contributed by atoms with E-state index >= 15 is 0 Å². The highest BCUT2D eigenvalue weighted by atomic mass is 16.6. The molecule has 0 saturated heterocycles. The third-order valence-corrected chi connectivity index (χ3v) is 6.02. The van der Waals surface area contributed by atoms with Crippen LogP contribution in [0.4, 0.5) is 4.79 Å². The van der Waals surface area contributed by atoms with Crippen molar-refractivity contribution in [2.75, 3.05) is 0 Å². The number of hydrogen-bond donors (Lipinski definition) is 3. The number of nitrogens with two attached hydrogens (primary N) is 1. The van der Waals surface area contributed by atoms with Crippen LogP contribution in [0.15, 0.2) is 54.6 Å². The van der Waals surface area contributed by atoms with E-state index in [0.717, 1.165) is 17.5 Å². The standard InChI is InChI=1S/C30H42N4O5/c1-7-21-13-15-23(16-14-21)26(27(36)32-19-22-11-9-8-10-12-22)34(20(2)3)28(37)24(17-18-25(31)35)33-29(38)39-30(4,5)6/h8-16,20,24,26H,7,17-19H2,1-6H3,(H2,31,35)(H,32,36)(H,33,38). The molecule has 9 heteroatoms. The highest BCUT2D eigenvalue weighted by Gasteiger charge is 2.37. The zero-order chi connectivity index (χ0) is 29.2. The van der Waals surface area contributed by atoms with Gasteiger partial charge in [-0.15, -0.1) is 0 Å². The van der Waals surface area contributed by atoms with Gasteiger partial charge in [0, 0.05) is 19.0 Å². The minimum absolute atomic E-state index is 0.0379. The van der Waals surface area contributed by atoms with Crippen LogP contribution in [-0.4, -0.2) is 46.4 Å². The minimum Gasteiger partial charge on any atom is -0.444 e. The maximum Gasteiger partial charge on any atom is 0.408 e. The van der Waals surface area contributed by atoms with Gasteiger partial charge in [0.25, 0.3) is 0 Å². The third kappa shape index (κ3) is 10.1. The summed E-state index contributed by atoms with van der Waals surface area (Å²) in [7, 11) is 0. The van der Waals surface area contributed by atoms with E-state index in [2.05, 4.69) is 10.6 Å². The van der Waals surface area contributed by atoms with Crippen LogP contribution in [0.5, 0.6) is 0 Å². The van der Waals surface area contributed by atoms with Crippen LogP contribution >= 0.6 is 0 Å². The smallest absolute Gasteiger partial charge is 0.408 e. The first-order valence-corrected chi connectivity index (χ1v) is 13.3. The number of carbonyl (C=O) groups is 4. The molecule has 0 aliphatic heterocycles. The lowest BCUT2D eigenvalue weighted by molar-refractivity contribution is -0.144. The second kappa shape index (κ2) is 14.3. The van der Waals surface area contributed by atoms with Crippen molar-refractivity contribution >= 4 is 23.8 Å². The zero-order valence-corrected chi connectivity index (χ0v) is 23.8. The van der Waals surface area contributed by atoms with Gasteiger partial charge in [0.15, 0.2) is 0 Å². The van der Waals surface area contributed by atoms with Crippen LogP contribution in [0.25, 0.3) is 0 Å². The van der Waals surface area contributed by atoms with Gasteiger partial charge in [0.05, 0.1) is 0 Å². The number of carbonyl (C=O) groups excluding carboxylic acids is 4. The summed E-state index contributed by atoms with van der Waals surface area (Å²) in [5.74, 6) is -1.49. The Bertz CT molecular complexity index is 1110. The lowest BCUT2D eigenvalue weighted by atomic mass is 9.98. The van der Waals surface area contributed by atoms with Gasteiger partial charge in [0.1, 0.15) is 17.7 Å². The summed E-state index contributed by atoms with van der Waals surface area (Å²) < 4.78 is 5.35. The molecule has 0 aliphatic rings. The van der Waals surface area contributed by atoms with Gasteiger partial charge in [-0.3, -0.25) is 14.4 Å². The Balaban J connectivity index is 2.46. The minimum atomic E-state index is -1.13. The molecule has 39 heavy (non-hydrogen) atoms. The van der Waals surface area contributed by atoms with Crippen LogP contribution in [0, 0.1) is 0 Å². The Labute approximate surface area is 231 Å². The number of alkyl carbamates (subject to hydrolysis) is 1. The molecule has 2 aromatic carbocycles. The van der Waals surface area contributed by atoms with Crippen molar-refractivity contribution in [3.05, 3.63) is 71.3 Å². The molecule has 0 bridgehead atoms. The first-order chi connectivity index (χ1) is 18.3. The van der Waals surface area contributed by atoms with E-state index in [1.54, 1.807) is 34.6 Å². The molecule has 2 aromatic rings. The van der Waals surface area contributed by atoms with Crippen LogP contribution in [0.2, 0.25) is 0 Å². The topological polar surface area (TPSA) is 131 Å². The van der Waals surface area contributed by atoms with E-state index in [1.807, 2.05) is 61.5 Å². The highest BCUT2D eigenvalue weighted by Crippen LogP contribution is 2.26. The first kappa shape index (κ1) is 31.3. The molecular formula is C30H42N4O5. The summed E-state index contributed by atoms with van der Waals surface area (Å²) in [6, 6.07) is 14.5. The summed E-state index contributed by atoms with van der Waals surface area (Å²) in [6.45, 7) is 11.0. The van der Waals surface area contributed by atoms with Crippen molar-refractivity contribution in [3.8, 4) is 0 Å². The Morgan fingerprint density at radius 2 is 1.56 bits per heavy atom. The fourth-order valence-electron chi connectivity index (χ4n) is 4.11. The average molecular weight is 539 g/mol. The maximum absolute atomic E-state index is 14.0. The zero-order valence-electron chi connectivity index (χ0n) is 23.8. The largest absolute Gasteiger partial charge is 0.444 e. The van der Waals surface area contributed by atoms with Crippen molar-refractivity contribution in [1.29, 1.82) is 0 Å². The van der Waals surface area contributed by atoms with Gasteiger partial charge in [-0.2, -0.15) is 0 Å². The molecule has 4 N–H and O–H groups in total. The summed E-state index contributed by atoms with van der Waals surface area (Å²) in [5, 5.41) is 5.55. The normalized spacial score (nSPS) is 12.8. The Hall–Kier alpha value is -3.88. The van der Waals surface area contributed by atoms with Gasteiger partial charge in [-0.05, 0) is 64.2 Å². The Morgan fingerprint density at radius 1 is 0.949 bits per heavy atom. The summed E-state index contributed by atoms with van der Waals surface area (Å²) in [6.07, 6.45) is -0.142. The highest BCUT2D eigenvalue weighted by molar-refractivity contribution is 5.92. The molecule has 2 unspecified atom stereocenters. The number of rotatable bonds is 12. The number of nitrogens with one attached hydrogen (secondary N) is 2. The predicted octanol–water partition coefficient (Wildman–Crippen LogP) is 4.00. The molecule has 0 heterocycles. The molecule has 0 aliphatic carbocycles.